The largest absolute Gasteiger partial charge is 0.497 e. The Morgan fingerprint density at radius 2 is 1.97 bits per heavy atom. The van der Waals surface area contributed by atoms with E-state index >= 15 is 0 Å². The van der Waals surface area contributed by atoms with Crippen LogP contribution >= 0.6 is 23.1 Å². The van der Waals surface area contributed by atoms with Crippen molar-refractivity contribution in [2.45, 2.75) is 31.2 Å². The highest BCUT2D eigenvalue weighted by molar-refractivity contribution is 7.98. The predicted octanol–water partition coefficient (Wildman–Crippen LogP) is 3.61. The van der Waals surface area contributed by atoms with Crippen molar-refractivity contribution in [2.24, 2.45) is 7.05 Å². The molecular formula is C21H23N3O4S2. The first-order chi connectivity index (χ1) is 14.4. The van der Waals surface area contributed by atoms with E-state index in [2.05, 4.69) is 9.97 Å². The van der Waals surface area contributed by atoms with E-state index in [0.29, 0.717) is 40.9 Å². The Balaban J connectivity index is 1.74. The number of carbonyl (C=O) groups excluding carboxylic acids is 1. The van der Waals surface area contributed by atoms with E-state index in [4.69, 9.17) is 9.47 Å². The number of benzene rings is 1. The molecule has 9 heteroatoms. The molecule has 0 bridgehead atoms. The van der Waals surface area contributed by atoms with Crippen molar-refractivity contribution < 1.29 is 14.3 Å². The molecule has 0 saturated carbocycles. The van der Waals surface area contributed by atoms with Gasteiger partial charge in [0, 0.05) is 30.1 Å². The highest BCUT2D eigenvalue weighted by Crippen LogP contribution is 2.23. The number of carbonyl (C=O) groups is 1. The van der Waals surface area contributed by atoms with Gasteiger partial charge in [-0.15, -0.1) is 11.3 Å². The van der Waals surface area contributed by atoms with Gasteiger partial charge < -0.3 is 9.47 Å². The fourth-order valence-corrected chi connectivity index (χ4v) is 4.60. The minimum atomic E-state index is -0.422. The number of methoxy groups -OCH3 is 1. The van der Waals surface area contributed by atoms with Crippen LogP contribution in [0.15, 0.2) is 39.6 Å². The molecule has 0 saturated heterocycles. The number of aromatic nitrogens is 3. The second kappa shape index (κ2) is 9.90. The zero-order chi connectivity index (χ0) is 21.7. The minimum Gasteiger partial charge on any atom is -0.497 e. The van der Waals surface area contributed by atoms with Gasteiger partial charge in [-0.25, -0.2) is 14.8 Å². The molecule has 7 nitrogen and oxygen atoms in total. The number of nitrogens with zero attached hydrogens (tertiary/aromatic N) is 3. The number of esters is 1. The number of hydrogen-bond acceptors (Lipinski definition) is 8. The van der Waals surface area contributed by atoms with Crippen LogP contribution in [0.4, 0.5) is 0 Å². The van der Waals surface area contributed by atoms with Crippen molar-refractivity contribution >= 4 is 29.1 Å². The van der Waals surface area contributed by atoms with Crippen LogP contribution in [0.2, 0.25) is 0 Å². The van der Waals surface area contributed by atoms with Crippen LogP contribution in [-0.2, 0) is 24.0 Å². The Kier molecular flexibility index (Phi) is 7.28. The average molecular weight is 446 g/mol. The zero-order valence-electron chi connectivity index (χ0n) is 17.3. The Hall–Kier alpha value is -2.65. The van der Waals surface area contributed by atoms with Gasteiger partial charge in [0.25, 0.3) is 5.56 Å². The summed E-state index contributed by atoms with van der Waals surface area (Å²) in [6, 6.07) is 7.66. The predicted molar refractivity (Wildman–Crippen MR) is 118 cm³/mol. The van der Waals surface area contributed by atoms with E-state index in [1.54, 1.807) is 31.0 Å². The van der Waals surface area contributed by atoms with Gasteiger partial charge >= 0.3 is 5.97 Å². The average Bonchev–Trinajstić information content (AvgIpc) is 3.22. The summed E-state index contributed by atoms with van der Waals surface area (Å²) in [5.74, 6) is 0.873. The molecule has 30 heavy (non-hydrogen) atoms. The van der Waals surface area contributed by atoms with Gasteiger partial charge in [0.2, 0.25) is 0 Å². The number of ether oxygens (including phenoxy) is 2. The number of rotatable bonds is 8. The molecule has 0 aliphatic carbocycles. The minimum absolute atomic E-state index is 0.0628. The van der Waals surface area contributed by atoms with E-state index in [1.165, 1.54) is 23.1 Å². The van der Waals surface area contributed by atoms with Gasteiger partial charge in [-0.05, 0) is 31.5 Å². The van der Waals surface area contributed by atoms with Crippen LogP contribution in [-0.4, -0.2) is 34.2 Å². The van der Waals surface area contributed by atoms with Crippen LogP contribution < -0.4 is 10.3 Å². The topological polar surface area (TPSA) is 83.3 Å². The first kappa shape index (κ1) is 22.0. The maximum absolute atomic E-state index is 12.9. The summed E-state index contributed by atoms with van der Waals surface area (Å²) in [5, 5.41) is 3.07. The van der Waals surface area contributed by atoms with Crippen molar-refractivity contribution in [1.29, 1.82) is 0 Å². The van der Waals surface area contributed by atoms with Crippen molar-refractivity contribution in [1.82, 2.24) is 14.5 Å². The molecule has 2 heterocycles. The molecule has 0 unspecified atom stereocenters. The summed E-state index contributed by atoms with van der Waals surface area (Å²) in [6.07, 6.45) is 0.510. The standard InChI is InChI=1S/C21H23N3O4S2/c1-5-28-20(26)17-11-29-18(23-17)12-30-21-22-13(2)16(19(25)24(21)3)10-14-6-8-15(27-4)9-7-14/h6-9,11H,5,10,12H2,1-4H3. The molecule has 158 valence electrons. The third-order valence-corrected chi connectivity index (χ3v) is 6.52. The quantitative estimate of drug-likeness (QED) is 0.297. The van der Waals surface area contributed by atoms with Crippen LogP contribution in [0.3, 0.4) is 0 Å². The van der Waals surface area contributed by atoms with E-state index in [-0.39, 0.29) is 5.56 Å². The van der Waals surface area contributed by atoms with Crippen molar-refractivity contribution in [3.05, 3.63) is 67.5 Å². The summed E-state index contributed by atoms with van der Waals surface area (Å²) in [4.78, 5) is 33.6. The van der Waals surface area contributed by atoms with E-state index in [9.17, 15) is 9.59 Å². The Labute approximate surface area is 183 Å². The van der Waals surface area contributed by atoms with Crippen molar-refractivity contribution in [2.75, 3.05) is 13.7 Å². The van der Waals surface area contributed by atoms with Crippen molar-refractivity contribution in [3.63, 3.8) is 0 Å². The maximum atomic E-state index is 12.9. The van der Waals surface area contributed by atoms with Gasteiger partial charge in [0.15, 0.2) is 10.9 Å². The zero-order valence-corrected chi connectivity index (χ0v) is 18.9. The smallest absolute Gasteiger partial charge is 0.357 e. The monoisotopic (exact) mass is 445 g/mol. The van der Waals surface area contributed by atoms with E-state index < -0.39 is 5.97 Å². The lowest BCUT2D eigenvalue weighted by molar-refractivity contribution is 0.0520. The molecular weight excluding hydrogens is 422 g/mol. The van der Waals surface area contributed by atoms with Crippen LogP contribution in [0.5, 0.6) is 5.75 Å². The summed E-state index contributed by atoms with van der Waals surface area (Å²) in [6.45, 7) is 3.93. The van der Waals surface area contributed by atoms with Gasteiger partial charge in [-0.1, -0.05) is 23.9 Å². The Bertz CT molecular complexity index is 1090. The molecule has 3 aromatic rings. The molecule has 2 aromatic heterocycles. The van der Waals surface area contributed by atoms with E-state index in [1.807, 2.05) is 31.2 Å². The van der Waals surface area contributed by atoms with Gasteiger partial charge in [0.1, 0.15) is 10.8 Å². The third kappa shape index (κ3) is 5.09. The Morgan fingerprint density at radius 3 is 2.63 bits per heavy atom. The highest BCUT2D eigenvalue weighted by Gasteiger charge is 2.15. The third-order valence-electron chi connectivity index (χ3n) is 4.45. The molecule has 0 radical (unpaired) electrons. The normalized spacial score (nSPS) is 10.8. The molecule has 0 atom stereocenters. The molecule has 3 rings (SSSR count). The molecule has 0 amide bonds. The first-order valence-electron chi connectivity index (χ1n) is 9.36. The first-order valence-corrected chi connectivity index (χ1v) is 11.2. The highest BCUT2D eigenvalue weighted by atomic mass is 32.2. The number of thiazole rings is 1. The SMILES string of the molecule is CCOC(=O)c1csc(CSc2nc(C)c(Cc3ccc(OC)cc3)c(=O)n2C)n1. The maximum Gasteiger partial charge on any atom is 0.357 e. The molecule has 0 aliphatic heterocycles. The van der Waals surface area contributed by atoms with Gasteiger partial charge in [-0.2, -0.15) is 0 Å². The lowest BCUT2D eigenvalue weighted by Crippen LogP contribution is -2.25. The second-order valence-electron chi connectivity index (χ2n) is 6.48. The lowest BCUT2D eigenvalue weighted by Gasteiger charge is -2.12. The van der Waals surface area contributed by atoms with Crippen LogP contribution in [0, 0.1) is 6.92 Å². The van der Waals surface area contributed by atoms with E-state index in [0.717, 1.165) is 16.3 Å². The number of aryl methyl sites for hydroxylation is 1. The van der Waals surface area contributed by atoms with Gasteiger partial charge in [-0.3, -0.25) is 9.36 Å². The number of thioether (sulfide) groups is 1. The van der Waals surface area contributed by atoms with Crippen LogP contribution in [0.25, 0.3) is 0 Å². The van der Waals surface area contributed by atoms with Crippen molar-refractivity contribution in [3.8, 4) is 5.75 Å². The summed E-state index contributed by atoms with van der Waals surface area (Å²) in [7, 11) is 3.35. The second-order valence-corrected chi connectivity index (χ2v) is 8.37. The molecule has 0 N–H and O–H groups in total. The fraction of sp³-hybridized carbons (Fsp3) is 0.333. The summed E-state index contributed by atoms with van der Waals surface area (Å²) < 4.78 is 11.7. The molecule has 0 spiro atoms. The lowest BCUT2D eigenvalue weighted by atomic mass is 10.1. The molecule has 0 aliphatic rings. The Morgan fingerprint density at radius 1 is 1.23 bits per heavy atom. The molecule has 0 fully saturated rings. The van der Waals surface area contributed by atoms with Gasteiger partial charge in [0.05, 0.1) is 19.5 Å². The number of hydrogen-bond donors (Lipinski definition) is 0. The summed E-state index contributed by atoms with van der Waals surface area (Å²) >= 11 is 2.80. The summed E-state index contributed by atoms with van der Waals surface area (Å²) in [5.41, 5.74) is 2.65. The van der Waals surface area contributed by atoms with Crippen LogP contribution in [0.1, 0.15) is 39.2 Å². The fourth-order valence-electron chi connectivity index (χ4n) is 2.81. The molecule has 1 aromatic carbocycles.